The lowest BCUT2D eigenvalue weighted by Gasteiger charge is -2.25. The molecule has 0 N–H and O–H groups in total. The molecule has 0 saturated carbocycles. The lowest BCUT2D eigenvalue weighted by atomic mass is 9.94. The van der Waals surface area contributed by atoms with E-state index < -0.39 is 0 Å². The van der Waals surface area contributed by atoms with Gasteiger partial charge in [-0.2, -0.15) is 19.8 Å². The fraction of sp³-hybridized carbons (Fsp3) is 0.700. The molecule has 10 heavy (non-hydrogen) atoms. The lowest BCUT2D eigenvalue weighted by Crippen LogP contribution is -1.97. The summed E-state index contributed by atoms with van der Waals surface area (Å²) in [5, 5.41) is 0. The smallest absolute Gasteiger partial charge is 0.0533 e. The largest absolute Gasteiger partial charge is 0.316 e. The molecule has 0 aromatic carbocycles. The zero-order valence-corrected chi connectivity index (χ0v) is 7.48. The summed E-state index contributed by atoms with van der Waals surface area (Å²) in [6.07, 6.45) is 5.80. The highest BCUT2D eigenvalue weighted by molar-refractivity contribution is 4.90. The van der Waals surface area contributed by atoms with E-state index in [-0.39, 0.29) is 0 Å². The van der Waals surface area contributed by atoms with E-state index in [1.165, 1.54) is 19.3 Å². The maximum Gasteiger partial charge on any atom is -0.0533 e. The highest BCUT2D eigenvalue weighted by Gasteiger charge is 1.92. The van der Waals surface area contributed by atoms with Crippen LogP contribution < -0.4 is 0 Å². The third-order valence-electron chi connectivity index (χ3n) is 1.75. The normalized spacial score (nSPS) is 13.6. The maximum absolute atomic E-state index is 3.76. The van der Waals surface area contributed by atoms with Crippen molar-refractivity contribution in [2.24, 2.45) is 5.92 Å². The van der Waals surface area contributed by atoms with Crippen LogP contribution in [-0.4, -0.2) is 0 Å². The van der Waals surface area contributed by atoms with Crippen LogP contribution in [0, 0.1) is 11.8 Å². The van der Waals surface area contributed by atoms with E-state index in [4.69, 9.17) is 0 Å². The Bertz CT molecular complexity index is 84.0. The molecule has 0 rings (SSSR count). The SMILES string of the molecule is C=CC(C)C[C-](C)CCC. The number of hydrogen-bond donors (Lipinski definition) is 0. The predicted molar refractivity (Wildman–Crippen MR) is 47.8 cm³/mol. The quantitative estimate of drug-likeness (QED) is 0.403. The van der Waals surface area contributed by atoms with E-state index in [0.29, 0.717) is 5.92 Å². The Balaban J connectivity index is 3.36. The molecule has 0 heteroatoms. The molecule has 0 aliphatic carbocycles. The molecule has 0 aromatic rings. The highest BCUT2D eigenvalue weighted by atomic mass is 14.1. The van der Waals surface area contributed by atoms with Crippen molar-refractivity contribution in [1.29, 1.82) is 0 Å². The molecule has 0 spiro atoms. The molecule has 0 amide bonds. The first-order valence-electron chi connectivity index (χ1n) is 4.14. The molecule has 0 aliphatic rings. The fourth-order valence-corrected chi connectivity index (χ4v) is 1.16. The van der Waals surface area contributed by atoms with Crippen LogP contribution in [0.1, 0.15) is 40.0 Å². The average molecular weight is 139 g/mol. The number of hydrogen-bond acceptors (Lipinski definition) is 0. The van der Waals surface area contributed by atoms with Crippen LogP contribution in [0.3, 0.4) is 0 Å². The maximum atomic E-state index is 3.76. The topological polar surface area (TPSA) is 0 Å². The number of rotatable bonds is 5. The first-order chi connectivity index (χ1) is 4.70. The van der Waals surface area contributed by atoms with Crippen molar-refractivity contribution in [3.63, 3.8) is 0 Å². The molecule has 60 valence electrons. The summed E-state index contributed by atoms with van der Waals surface area (Å²) < 4.78 is 0. The number of allylic oxidation sites excluding steroid dienone is 1. The van der Waals surface area contributed by atoms with Crippen LogP contribution in [0.4, 0.5) is 0 Å². The molecule has 0 aliphatic heterocycles. The fourth-order valence-electron chi connectivity index (χ4n) is 1.16. The van der Waals surface area contributed by atoms with E-state index >= 15 is 0 Å². The van der Waals surface area contributed by atoms with Crippen molar-refractivity contribution >= 4 is 0 Å². The first kappa shape index (κ1) is 9.74. The van der Waals surface area contributed by atoms with Gasteiger partial charge in [-0.05, 0) is 0 Å². The summed E-state index contributed by atoms with van der Waals surface area (Å²) in [5.41, 5.74) is 0. The van der Waals surface area contributed by atoms with Crippen LogP contribution in [0.25, 0.3) is 0 Å². The molecule has 1 unspecified atom stereocenters. The predicted octanol–water partition coefficient (Wildman–Crippen LogP) is 3.59. The molecule has 0 aromatic heterocycles. The van der Waals surface area contributed by atoms with Gasteiger partial charge in [-0.1, -0.05) is 32.3 Å². The first-order valence-corrected chi connectivity index (χ1v) is 4.14. The van der Waals surface area contributed by atoms with Crippen molar-refractivity contribution in [1.82, 2.24) is 0 Å². The third-order valence-corrected chi connectivity index (χ3v) is 1.75. The summed E-state index contributed by atoms with van der Waals surface area (Å²) in [5.74, 6) is 2.27. The van der Waals surface area contributed by atoms with Crippen LogP contribution in [0.5, 0.6) is 0 Å². The third kappa shape index (κ3) is 4.60. The van der Waals surface area contributed by atoms with Gasteiger partial charge in [-0.3, -0.25) is 0 Å². The van der Waals surface area contributed by atoms with E-state index in [9.17, 15) is 0 Å². The Morgan fingerprint density at radius 2 is 2.20 bits per heavy atom. The van der Waals surface area contributed by atoms with Gasteiger partial charge in [0, 0.05) is 0 Å². The minimum atomic E-state index is 0.659. The summed E-state index contributed by atoms with van der Waals surface area (Å²) in [6.45, 7) is 10.4. The molecule has 0 saturated heterocycles. The molecule has 0 radical (unpaired) electrons. The Kier molecular flexibility index (Phi) is 5.38. The van der Waals surface area contributed by atoms with Gasteiger partial charge in [-0.25, -0.2) is 0 Å². The average Bonchev–Trinajstić information content (AvgIpc) is 1.88. The Morgan fingerprint density at radius 3 is 2.60 bits per heavy atom. The molecular weight excluding hydrogens is 120 g/mol. The standard InChI is InChI=1S/C10H19/c1-5-7-10(4)8-9(3)6-2/h6,9H,2,5,7-8H2,1,3-4H3/q-1. The Hall–Kier alpha value is -0.260. The van der Waals surface area contributed by atoms with Crippen molar-refractivity contribution < 1.29 is 0 Å². The minimum absolute atomic E-state index is 0.659. The second-order valence-electron chi connectivity index (χ2n) is 3.12. The Labute approximate surface area is 65.3 Å². The molecule has 0 fully saturated rings. The highest BCUT2D eigenvalue weighted by Crippen LogP contribution is 2.18. The lowest BCUT2D eigenvalue weighted by molar-refractivity contribution is 0.614. The summed E-state index contributed by atoms with van der Waals surface area (Å²) in [7, 11) is 0. The van der Waals surface area contributed by atoms with Gasteiger partial charge in [0.15, 0.2) is 0 Å². The van der Waals surface area contributed by atoms with Crippen molar-refractivity contribution in [2.75, 3.05) is 0 Å². The van der Waals surface area contributed by atoms with Gasteiger partial charge < -0.3 is 5.92 Å². The molecular formula is C10H19-. The van der Waals surface area contributed by atoms with Crippen LogP contribution >= 0.6 is 0 Å². The van der Waals surface area contributed by atoms with Crippen LogP contribution in [0.15, 0.2) is 12.7 Å². The zero-order chi connectivity index (χ0) is 7.98. The van der Waals surface area contributed by atoms with Gasteiger partial charge >= 0.3 is 0 Å². The Morgan fingerprint density at radius 1 is 1.60 bits per heavy atom. The van der Waals surface area contributed by atoms with Gasteiger partial charge in [-0.15, -0.1) is 6.58 Å². The second kappa shape index (κ2) is 5.52. The van der Waals surface area contributed by atoms with E-state index in [0.717, 1.165) is 0 Å². The molecule has 0 heterocycles. The van der Waals surface area contributed by atoms with Gasteiger partial charge in [0.05, 0.1) is 0 Å². The van der Waals surface area contributed by atoms with Crippen molar-refractivity contribution in [3.8, 4) is 0 Å². The van der Waals surface area contributed by atoms with E-state index in [1.54, 1.807) is 5.92 Å². The minimum Gasteiger partial charge on any atom is -0.316 e. The molecule has 0 bridgehead atoms. The van der Waals surface area contributed by atoms with Crippen molar-refractivity contribution in [2.45, 2.75) is 40.0 Å². The van der Waals surface area contributed by atoms with E-state index in [2.05, 4.69) is 27.4 Å². The van der Waals surface area contributed by atoms with Crippen LogP contribution in [-0.2, 0) is 0 Å². The summed E-state index contributed by atoms with van der Waals surface area (Å²) in [4.78, 5) is 0. The molecule has 0 nitrogen and oxygen atoms in total. The summed E-state index contributed by atoms with van der Waals surface area (Å²) >= 11 is 0. The molecule has 1 atom stereocenters. The van der Waals surface area contributed by atoms with Crippen LogP contribution in [0.2, 0.25) is 0 Å². The van der Waals surface area contributed by atoms with Gasteiger partial charge in [0.1, 0.15) is 0 Å². The van der Waals surface area contributed by atoms with Gasteiger partial charge in [0.2, 0.25) is 0 Å². The van der Waals surface area contributed by atoms with Gasteiger partial charge in [0.25, 0.3) is 0 Å². The summed E-state index contributed by atoms with van der Waals surface area (Å²) in [6, 6.07) is 0. The van der Waals surface area contributed by atoms with E-state index in [1.807, 2.05) is 6.08 Å². The van der Waals surface area contributed by atoms with Crippen molar-refractivity contribution in [3.05, 3.63) is 18.6 Å². The second-order valence-corrected chi connectivity index (χ2v) is 3.12. The monoisotopic (exact) mass is 139 g/mol. The zero-order valence-electron chi connectivity index (χ0n) is 7.48.